The predicted molar refractivity (Wildman–Crippen MR) is 99.2 cm³/mol. The van der Waals surface area contributed by atoms with Crippen LogP contribution in [0.3, 0.4) is 0 Å². The molecule has 0 aromatic heterocycles. The first-order valence-electron chi connectivity index (χ1n) is 7.75. The van der Waals surface area contributed by atoms with E-state index in [0.717, 1.165) is 16.7 Å². The maximum atomic E-state index is 12.7. The molecule has 1 aliphatic heterocycles. The Morgan fingerprint density at radius 1 is 1.19 bits per heavy atom. The molecular weight excluding hydrogens is 356 g/mol. The smallest absolute Gasteiger partial charge is 0.298 e. The van der Waals surface area contributed by atoms with Crippen LogP contribution >= 0.6 is 11.8 Å². The van der Waals surface area contributed by atoms with Gasteiger partial charge in [0.05, 0.1) is 22.1 Å². The summed E-state index contributed by atoms with van der Waals surface area (Å²) in [4.78, 5) is 36.7. The summed E-state index contributed by atoms with van der Waals surface area (Å²) >= 11 is 0.786. The fraction of sp³-hybridized carbons (Fsp3) is 0.111. The fourth-order valence-corrected chi connectivity index (χ4v) is 3.31. The van der Waals surface area contributed by atoms with Crippen LogP contribution in [0.15, 0.2) is 53.4 Å². The third-order valence-electron chi connectivity index (χ3n) is 3.58. The molecule has 0 radical (unpaired) electrons. The molecule has 3 rings (SSSR count). The lowest BCUT2D eigenvalue weighted by Gasteiger charge is -2.16. The minimum atomic E-state index is -0.512. The number of rotatable bonds is 5. The van der Waals surface area contributed by atoms with Crippen molar-refractivity contribution >= 4 is 40.4 Å². The number of anilines is 1. The van der Waals surface area contributed by atoms with Gasteiger partial charge in [0.25, 0.3) is 16.8 Å². The molecule has 0 atom stereocenters. The molecular formula is C18H14N2O5S. The van der Waals surface area contributed by atoms with Gasteiger partial charge in [0.1, 0.15) is 5.75 Å². The average Bonchev–Trinajstić information content (AvgIpc) is 2.89. The molecule has 132 valence electrons. The molecule has 0 saturated carbocycles. The van der Waals surface area contributed by atoms with Gasteiger partial charge < -0.3 is 4.74 Å². The van der Waals surface area contributed by atoms with Crippen LogP contribution in [0.25, 0.3) is 6.08 Å². The van der Waals surface area contributed by atoms with Crippen molar-refractivity contribution in [2.24, 2.45) is 0 Å². The van der Waals surface area contributed by atoms with E-state index in [1.54, 1.807) is 30.3 Å². The summed E-state index contributed by atoms with van der Waals surface area (Å²) < 4.78 is 5.49. The number of para-hydroxylation sites is 2. The Kier molecular flexibility index (Phi) is 5.04. The molecule has 1 heterocycles. The van der Waals surface area contributed by atoms with Gasteiger partial charge in [0, 0.05) is 12.1 Å². The van der Waals surface area contributed by atoms with Crippen LogP contribution in [-0.2, 0) is 4.79 Å². The molecule has 8 heteroatoms. The summed E-state index contributed by atoms with van der Waals surface area (Å²) in [5.74, 6) is -0.0486. The largest absolute Gasteiger partial charge is 0.492 e. The van der Waals surface area contributed by atoms with Crippen molar-refractivity contribution < 1.29 is 19.2 Å². The number of ether oxygens (including phenoxy) is 1. The minimum Gasteiger partial charge on any atom is -0.492 e. The van der Waals surface area contributed by atoms with Gasteiger partial charge in [-0.1, -0.05) is 24.3 Å². The number of non-ortho nitro benzene ring substituents is 1. The minimum absolute atomic E-state index is 0.0836. The number of nitro groups is 1. The lowest BCUT2D eigenvalue weighted by atomic mass is 10.2. The van der Waals surface area contributed by atoms with E-state index in [0.29, 0.717) is 23.6 Å². The highest BCUT2D eigenvalue weighted by Gasteiger charge is 2.37. The maximum Gasteiger partial charge on any atom is 0.298 e. The molecule has 0 N–H and O–H groups in total. The van der Waals surface area contributed by atoms with Crippen molar-refractivity contribution in [3.63, 3.8) is 0 Å². The molecule has 0 unspecified atom stereocenters. The van der Waals surface area contributed by atoms with Gasteiger partial charge >= 0.3 is 0 Å². The number of benzene rings is 2. The maximum absolute atomic E-state index is 12.7. The second-order valence-electron chi connectivity index (χ2n) is 5.27. The Morgan fingerprint density at radius 3 is 2.69 bits per heavy atom. The van der Waals surface area contributed by atoms with E-state index in [1.165, 1.54) is 24.3 Å². The van der Waals surface area contributed by atoms with Crippen molar-refractivity contribution in [3.8, 4) is 5.75 Å². The Balaban J connectivity index is 1.95. The summed E-state index contributed by atoms with van der Waals surface area (Å²) in [5.41, 5.74) is 0.766. The van der Waals surface area contributed by atoms with Gasteiger partial charge in [0.15, 0.2) is 0 Å². The topological polar surface area (TPSA) is 89.8 Å². The number of imide groups is 1. The van der Waals surface area contributed by atoms with Gasteiger partial charge in [0.2, 0.25) is 0 Å². The Morgan fingerprint density at radius 2 is 1.96 bits per heavy atom. The summed E-state index contributed by atoms with van der Waals surface area (Å²) in [6.45, 7) is 2.21. The van der Waals surface area contributed by atoms with E-state index in [4.69, 9.17) is 4.74 Å². The van der Waals surface area contributed by atoms with Crippen LogP contribution in [0, 0.1) is 10.1 Å². The first-order valence-corrected chi connectivity index (χ1v) is 8.57. The van der Waals surface area contributed by atoms with Crippen LogP contribution in [0.4, 0.5) is 16.2 Å². The monoisotopic (exact) mass is 370 g/mol. The molecule has 26 heavy (non-hydrogen) atoms. The molecule has 0 aliphatic carbocycles. The zero-order chi connectivity index (χ0) is 18.7. The standard InChI is InChI=1S/C18H14N2O5S/c1-2-25-15-9-4-3-8-14(15)19-17(21)16(26-18(19)22)11-12-6-5-7-13(10-12)20(23)24/h3-11H,2H2,1H3/b16-11-. The highest BCUT2D eigenvalue weighted by Crippen LogP contribution is 2.39. The van der Waals surface area contributed by atoms with Gasteiger partial charge in [-0.25, -0.2) is 4.90 Å². The second-order valence-corrected chi connectivity index (χ2v) is 6.26. The number of thioether (sulfide) groups is 1. The molecule has 0 bridgehead atoms. The molecule has 1 saturated heterocycles. The lowest BCUT2D eigenvalue weighted by Crippen LogP contribution is -2.28. The van der Waals surface area contributed by atoms with Gasteiger partial charge in [-0.05, 0) is 42.5 Å². The van der Waals surface area contributed by atoms with Gasteiger partial charge in [-0.2, -0.15) is 0 Å². The van der Waals surface area contributed by atoms with Crippen molar-refractivity contribution in [2.75, 3.05) is 11.5 Å². The number of nitro benzene ring substituents is 1. The number of carbonyl (C=O) groups excluding carboxylic acids is 2. The molecule has 2 aromatic rings. The van der Waals surface area contributed by atoms with Crippen LogP contribution < -0.4 is 9.64 Å². The van der Waals surface area contributed by atoms with Gasteiger partial charge in [-0.3, -0.25) is 19.7 Å². The predicted octanol–water partition coefficient (Wildman–Crippen LogP) is 4.23. The van der Waals surface area contributed by atoms with Crippen molar-refractivity contribution in [2.45, 2.75) is 6.92 Å². The van der Waals surface area contributed by atoms with Crippen LogP contribution in [0.1, 0.15) is 12.5 Å². The summed E-state index contributed by atoms with van der Waals surface area (Å²) in [6, 6.07) is 12.7. The number of nitrogens with zero attached hydrogens (tertiary/aromatic N) is 2. The summed E-state index contributed by atoms with van der Waals surface area (Å²) in [6.07, 6.45) is 1.47. The first-order chi connectivity index (χ1) is 12.5. The quantitative estimate of drug-likeness (QED) is 0.444. The SMILES string of the molecule is CCOc1ccccc1N1C(=O)S/C(=C\c2cccc([N+](=O)[O-])c2)C1=O. The normalized spacial score (nSPS) is 15.6. The molecule has 7 nitrogen and oxygen atoms in total. The Labute approximate surface area is 153 Å². The second kappa shape index (κ2) is 7.40. The third kappa shape index (κ3) is 3.45. The van der Waals surface area contributed by atoms with E-state index in [9.17, 15) is 19.7 Å². The van der Waals surface area contributed by atoms with Gasteiger partial charge in [-0.15, -0.1) is 0 Å². The molecule has 2 aromatic carbocycles. The fourth-order valence-electron chi connectivity index (χ4n) is 2.47. The van der Waals surface area contributed by atoms with Crippen molar-refractivity contribution in [1.29, 1.82) is 0 Å². The summed E-state index contributed by atoms with van der Waals surface area (Å²) in [7, 11) is 0. The molecule has 0 spiro atoms. The third-order valence-corrected chi connectivity index (χ3v) is 4.45. The molecule has 1 aliphatic rings. The zero-order valence-electron chi connectivity index (χ0n) is 13.7. The van der Waals surface area contributed by atoms with E-state index < -0.39 is 16.1 Å². The highest BCUT2D eigenvalue weighted by atomic mass is 32.2. The number of amides is 2. The molecule has 1 fully saturated rings. The van der Waals surface area contributed by atoms with Crippen LogP contribution in [0.2, 0.25) is 0 Å². The van der Waals surface area contributed by atoms with E-state index in [2.05, 4.69) is 0 Å². The lowest BCUT2D eigenvalue weighted by molar-refractivity contribution is -0.384. The molecule has 2 amide bonds. The number of hydrogen-bond donors (Lipinski definition) is 0. The van der Waals surface area contributed by atoms with Crippen LogP contribution in [-0.4, -0.2) is 22.7 Å². The average molecular weight is 370 g/mol. The van der Waals surface area contributed by atoms with E-state index in [1.807, 2.05) is 6.92 Å². The van der Waals surface area contributed by atoms with Crippen molar-refractivity contribution in [3.05, 3.63) is 69.1 Å². The Hall–Kier alpha value is -3.13. The number of hydrogen-bond acceptors (Lipinski definition) is 6. The van der Waals surface area contributed by atoms with Crippen LogP contribution in [0.5, 0.6) is 5.75 Å². The summed E-state index contributed by atoms with van der Waals surface area (Å²) in [5, 5.41) is 10.4. The van der Waals surface area contributed by atoms with Crippen molar-refractivity contribution in [1.82, 2.24) is 0 Å². The van der Waals surface area contributed by atoms with E-state index >= 15 is 0 Å². The Bertz CT molecular complexity index is 925. The number of carbonyl (C=O) groups is 2. The zero-order valence-corrected chi connectivity index (χ0v) is 14.6. The first kappa shape index (κ1) is 17.7. The van der Waals surface area contributed by atoms with E-state index in [-0.39, 0.29) is 10.6 Å². The highest BCUT2D eigenvalue weighted by molar-refractivity contribution is 8.19.